The van der Waals surface area contributed by atoms with E-state index in [0.29, 0.717) is 11.0 Å². The molecule has 0 atom stereocenters. The van der Waals surface area contributed by atoms with Crippen LogP contribution >= 0.6 is 23.6 Å². The number of pyridine rings is 1. The summed E-state index contributed by atoms with van der Waals surface area (Å²) in [5, 5.41) is 4.28. The van der Waals surface area contributed by atoms with Gasteiger partial charge in [-0.3, -0.25) is 0 Å². The Morgan fingerprint density at radius 3 is 2.95 bits per heavy atom. The van der Waals surface area contributed by atoms with Crippen LogP contribution in [-0.4, -0.2) is 16.0 Å². The first-order chi connectivity index (χ1) is 9.25. The summed E-state index contributed by atoms with van der Waals surface area (Å²) < 4.78 is 0. The fourth-order valence-electron chi connectivity index (χ4n) is 2.16. The number of hydrogen-bond donors (Lipinski definition) is 1. The van der Waals surface area contributed by atoms with Gasteiger partial charge in [0.05, 0.1) is 5.56 Å². The molecule has 5 heteroatoms. The Morgan fingerprint density at radius 2 is 2.32 bits per heavy atom. The third kappa shape index (κ3) is 2.77. The van der Waals surface area contributed by atoms with Crippen LogP contribution in [-0.2, 0) is 6.54 Å². The van der Waals surface area contributed by atoms with Crippen LogP contribution in [0.25, 0.3) is 0 Å². The van der Waals surface area contributed by atoms with E-state index in [1.807, 2.05) is 12.1 Å². The van der Waals surface area contributed by atoms with Gasteiger partial charge in [0.15, 0.2) is 0 Å². The lowest BCUT2D eigenvalue weighted by Gasteiger charge is -2.25. The number of nitrogens with two attached hydrogens (primary N) is 1. The Kier molecular flexibility index (Phi) is 3.48. The molecule has 0 amide bonds. The molecule has 1 aliphatic carbocycles. The van der Waals surface area contributed by atoms with E-state index in [4.69, 9.17) is 18.0 Å². The minimum Gasteiger partial charge on any atom is -0.389 e. The van der Waals surface area contributed by atoms with Gasteiger partial charge >= 0.3 is 0 Å². The lowest BCUT2D eigenvalue weighted by Crippen LogP contribution is -2.28. The Morgan fingerprint density at radius 1 is 1.47 bits per heavy atom. The van der Waals surface area contributed by atoms with Crippen molar-refractivity contribution in [2.45, 2.75) is 25.4 Å². The standard InChI is InChI=1S/C14H15N3S2/c15-13(18)12-2-1-6-16-14(12)17(11-3-4-11)8-10-5-7-19-9-10/h1-2,5-7,9,11H,3-4,8H2,(H2,15,18). The fourth-order valence-corrected chi connectivity index (χ4v) is 2.98. The van der Waals surface area contributed by atoms with Crippen molar-refractivity contribution in [2.75, 3.05) is 4.90 Å². The summed E-state index contributed by atoms with van der Waals surface area (Å²) in [6, 6.07) is 6.56. The van der Waals surface area contributed by atoms with Crippen molar-refractivity contribution < 1.29 is 0 Å². The molecule has 2 heterocycles. The molecule has 0 radical (unpaired) electrons. The highest BCUT2D eigenvalue weighted by molar-refractivity contribution is 7.80. The number of aromatic nitrogens is 1. The third-order valence-corrected chi connectivity index (χ3v) is 4.20. The maximum atomic E-state index is 5.81. The zero-order chi connectivity index (χ0) is 13.2. The van der Waals surface area contributed by atoms with E-state index >= 15 is 0 Å². The highest BCUT2D eigenvalue weighted by Gasteiger charge is 2.31. The van der Waals surface area contributed by atoms with E-state index in [-0.39, 0.29) is 0 Å². The number of thiophene rings is 1. The Bertz CT molecular complexity index is 576. The van der Waals surface area contributed by atoms with Crippen LogP contribution in [0.15, 0.2) is 35.2 Å². The summed E-state index contributed by atoms with van der Waals surface area (Å²) in [4.78, 5) is 7.25. The van der Waals surface area contributed by atoms with E-state index in [2.05, 4.69) is 26.7 Å². The number of hydrogen-bond acceptors (Lipinski definition) is 4. The van der Waals surface area contributed by atoms with Gasteiger partial charge in [-0.1, -0.05) is 12.2 Å². The van der Waals surface area contributed by atoms with Crippen molar-refractivity contribution in [1.82, 2.24) is 4.98 Å². The zero-order valence-electron chi connectivity index (χ0n) is 10.5. The zero-order valence-corrected chi connectivity index (χ0v) is 12.1. The minimum absolute atomic E-state index is 0.416. The lowest BCUT2D eigenvalue weighted by molar-refractivity contribution is 0.779. The Labute approximate surface area is 122 Å². The molecule has 3 rings (SSSR count). The van der Waals surface area contributed by atoms with Crippen LogP contribution in [0, 0.1) is 0 Å². The summed E-state index contributed by atoms with van der Waals surface area (Å²) in [6.45, 7) is 0.876. The number of nitrogens with zero attached hydrogens (tertiary/aromatic N) is 2. The second-order valence-electron chi connectivity index (χ2n) is 4.73. The summed E-state index contributed by atoms with van der Waals surface area (Å²) in [7, 11) is 0. The van der Waals surface area contributed by atoms with Gasteiger partial charge < -0.3 is 10.6 Å². The van der Waals surface area contributed by atoms with Gasteiger partial charge in [0.25, 0.3) is 0 Å². The monoisotopic (exact) mass is 289 g/mol. The maximum Gasteiger partial charge on any atom is 0.139 e. The fraction of sp³-hybridized carbons (Fsp3) is 0.286. The highest BCUT2D eigenvalue weighted by atomic mass is 32.1. The molecule has 1 saturated carbocycles. The summed E-state index contributed by atoms with van der Waals surface area (Å²) in [6.07, 6.45) is 4.25. The number of rotatable bonds is 5. The SMILES string of the molecule is NC(=S)c1cccnc1N(Cc1ccsc1)C1CC1. The molecule has 2 aromatic rings. The largest absolute Gasteiger partial charge is 0.389 e. The first kappa shape index (κ1) is 12.6. The average molecular weight is 289 g/mol. The summed E-state index contributed by atoms with van der Waals surface area (Å²) >= 11 is 6.86. The van der Waals surface area contributed by atoms with Gasteiger partial charge in [-0.05, 0) is 47.4 Å². The molecule has 1 fully saturated rings. The van der Waals surface area contributed by atoms with E-state index in [0.717, 1.165) is 17.9 Å². The van der Waals surface area contributed by atoms with Gasteiger partial charge in [0.2, 0.25) is 0 Å². The molecule has 0 saturated heterocycles. The van der Waals surface area contributed by atoms with Crippen molar-refractivity contribution in [2.24, 2.45) is 5.73 Å². The van der Waals surface area contributed by atoms with Gasteiger partial charge in [-0.15, -0.1) is 0 Å². The first-order valence-electron chi connectivity index (χ1n) is 6.28. The second kappa shape index (κ2) is 5.27. The molecule has 19 heavy (non-hydrogen) atoms. The third-order valence-electron chi connectivity index (χ3n) is 3.24. The smallest absolute Gasteiger partial charge is 0.139 e. The van der Waals surface area contributed by atoms with Crippen molar-refractivity contribution >= 4 is 34.4 Å². The predicted molar refractivity (Wildman–Crippen MR) is 83.6 cm³/mol. The normalized spacial score (nSPS) is 14.3. The molecule has 0 aromatic carbocycles. The first-order valence-corrected chi connectivity index (χ1v) is 7.63. The van der Waals surface area contributed by atoms with E-state index in [9.17, 15) is 0 Å². The van der Waals surface area contributed by atoms with Gasteiger partial charge in [0.1, 0.15) is 10.8 Å². The molecule has 0 bridgehead atoms. The van der Waals surface area contributed by atoms with Crippen LogP contribution in [0.2, 0.25) is 0 Å². The topological polar surface area (TPSA) is 42.1 Å². The van der Waals surface area contributed by atoms with Crippen LogP contribution in [0.5, 0.6) is 0 Å². The molecule has 98 valence electrons. The second-order valence-corrected chi connectivity index (χ2v) is 5.95. The quantitative estimate of drug-likeness (QED) is 0.859. The lowest BCUT2D eigenvalue weighted by atomic mass is 10.2. The molecule has 1 aliphatic rings. The molecule has 0 spiro atoms. The van der Waals surface area contributed by atoms with E-state index in [1.54, 1.807) is 17.5 Å². The van der Waals surface area contributed by atoms with E-state index < -0.39 is 0 Å². The molecule has 2 aromatic heterocycles. The van der Waals surface area contributed by atoms with Crippen molar-refractivity contribution in [1.29, 1.82) is 0 Å². The van der Waals surface area contributed by atoms with Gasteiger partial charge in [-0.25, -0.2) is 4.98 Å². The minimum atomic E-state index is 0.416. The Hall–Kier alpha value is -1.46. The van der Waals surface area contributed by atoms with Crippen molar-refractivity contribution in [3.8, 4) is 0 Å². The summed E-state index contributed by atoms with van der Waals surface area (Å²) in [5.41, 5.74) is 8.00. The predicted octanol–water partition coefficient (Wildman–Crippen LogP) is 2.95. The van der Waals surface area contributed by atoms with Gasteiger partial charge in [0, 0.05) is 18.8 Å². The molecule has 0 unspecified atom stereocenters. The van der Waals surface area contributed by atoms with Crippen molar-refractivity contribution in [3.63, 3.8) is 0 Å². The number of thiocarbonyl (C=S) groups is 1. The van der Waals surface area contributed by atoms with Crippen molar-refractivity contribution in [3.05, 3.63) is 46.3 Å². The highest BCUT2D eigenvalue weighted by Crippen LogP contribution is 2.33. The van der Waals surface area contributed by atoms with Crippen LogP contribution in [0.1, 0.15) is 24.0 Å². The molecular formula is C14H15N3S2. The Balaban J connectivity index is 1.94. The molecule has 2 N–H and O–H groups in total. The van der Waals surface area contributed by atoms with Crippen LogP contribution in [0.3, 0.4) is 0 Å². The molecule has 3 nitrogen and oxygen atoms in total. The van der Waals surface area contributed by atoms with E-state index in [1.165, 1.54) is 18.4 Å². The van der Waals surface area contributed by atoms with Crippen LogP contribution in [0.4, 0.5) is 5.82 Å². The molecule has 0 aliphatic heterocycles. The average Bonchev–Trinajstić information content (AvgIpc) is 3.13. The molecular weight excluding hydrogens is 274 g/mol. The van der Waals surface area contributed by atoms with Gasteiger partial charge in [-0.2, -0.15) is 11.3 Å². The number of anilines is 1. The summed E-state index contributed by atoms with van der Waals surface area (Å²) in [5.74, 6) is 0.920. The maximum absolute atomic E-state index is 5.81. The van der Waals surface area contributed by atoms with Crippen LogP contribution < -0.4 is 10.6 Å².